The number of hydrogen-bond donors (Lipinski definition) is 2. The molecule has 4 nitrogen and oxygen atoms in total. The van der Waals surface area contributed by atoms with Crippen LogP contribution >= 0.6 is 23.4 Å². The van der Waals surface area contributed by atoms with E-state index in [-0.39, 0.29) is 0 Å². The molecule has 1 fully saturated rings. The van der Waals surface area contributed by atoms with Crippen LogP contribution in [-0.4, -0.2) is 27.9 Å². The first kappa shape index (κ1) is 14.5. The molecule has 1 aliphatic rings. The van der Waals surface area contributed by atoms with Crippen molar-refractivity contribution >= 4 is 35.1 Å². The number of nitrogens with zero attached hydrogens (tertiary/aromatic N) is 1. The summed E-state index contributed by atoms with van der Waals surface area (Å²) in [4.78, 5) is 15.3. The van der Waals surface area contributed by atoms with Gasteiger partial charge in [0.2, 0.25) is 5.91 Å². The van der Waals surface area contributed by atoms with Gasteiger partial charge in [-0.3, -0.25) is 4.79 Å². The average molecular weight is 300 g/mol. The Kier molecular flexibility index (Phi) is 4.93. The molecule has 3 N–H and O–H groups in total. The number of carbonyl (C=O) groups is 1. The van der Waals surface area contributed by atoms with Gasteiger partial charge in [0.1, 0.15) is 5.82 Å². The molecule has 2 rings (SSSR count). The highest BCUT2D eigenvalue weighted by molar-refractivity contribution is 7.99. The molecule has 0 aromatic carbocycles. The third kappa shape index (κ3) is 3.54. The van der Waals surface area contributed by atoms with Gasteiger partial charge in [-0.1, -0.05) is 24.9 Å². The largest absolute Gasteiger partial charge is 0.366 e. The topological polar surface area (TPSA) is 68.0 Å². The first-order valence-electron chi connectivity index (χ1n) is 6.45. The Bertz CT molecular complexity index is 469. The van der Waals surface area contributed by atoms with Gasteiger partial charge in [0.15, 0.2) is 0 Å². The van der Waals surface area contributed by atoms with Crippen LogP contribution in [0.1, 0.15) is 36.5 Å². The summed E-state index contributed by atoms with van der Waals surface area (Å²) in [5.41, 5.74) is 5.53. The van der Waals surface area contributed by atoms with E-state index in [4.69, 9.17) is 17.3 Å². The highest BCUT2D eigenvalue weighted by Gasteiger charge is 2.27. The van der Waals surface area contributed by atoms with Crippen LogP contribution in [0.2, 0.25) is 5.02 Å². The second kappa shape index (κ2) is 6.48. The molecule has 1 aromatic heterocycles. The van der Waals surface area contributed by atoms with Gasteiger partial charge in [-0.25, -0.2) is 4.98 Å². The van der Waals surface area contributed by atoms with Crippen molar-refractivity contribution in [3.8, 4) is 0 Å². The quantitative estimate of drug-likeness (QED) is 0.877. The molecule has 1 saturated carbocycles. The minimum absolute atomic E-state index is 0.335. The Morgan fingerprint density at radius 3 is 3.05 bits per heavy atom. The molecular formula is C13H18ClN3OS. The summed E-state index contributed by atoms with van der Waals surface area (Å²) in [6.07, 6.45) is 5.06. The zero-order valence-electron chi connectivity index (χ0n) is 10.9. The molecule has 1 amide bonds. The van der Waals surface area contributed by atoms with Crippen molar-refractivity contribution in [3.05, 3.63) is 22.8 Å². The van der Waals surface area contributed by atoms with E-state index in [1.54, 1.807) is 6.07 Å². The second-order valence-electron chi connectivity index (χ2n) is 4.59. The molecule has 0 bridgehead atoms. The minimum atomic E-state index is -0.513. The first-order chi connectivity index (χ1) is 9.11. The molecule has 1 heterocycles. The lowest BCUT2D eigenvalue weighted by molar-refractivity contribution is 0.1000. The average Bonchev–Trinajstić information content (AvgIpc) is 2.79. The fraction of sp³-hybridized carbons (Fsp3) is 0.538. The van der Waals surface area contributed by atoms with Crippen LogP contribution in [0.4, 0.5) is 5.82 Å². The Balaban J connectivity index is 2.08. The number of nitrogens with one attached hydrogen (secondary N) is 1. The summed E-state index contributed by atoms with van der Waals surface area (Å²) >= 11 is 8.11. The summed E-state index contributed by atoms with van der Waals surface area (Å²) in [5, 5.41) is 4.45. The summed E-state index contributed by atoms with van der Waals surface area (Å²) in [5.74, 6) is 1.24. The summed E-state index contributed by atoms with van der Waals surface area (Å²) in [7, 11) is 0. The van der Waals surface area contributed by atoms with Gasteiger partial charge in [-0.05, 0) is 24.7 Å². The molecule has 0 saturated heterocycles. The van der Waals surface area contributed by atoms with Crippen molar-refractivity contribution in [3.63, 3.8) is 0 Å². The molecule has 1 aromatic rings. The Hall–Kier alpha value is -0.940. The van der Waals surface area contributed by atoms with E-state index in [9.17, 15) is 4.79 Å². The van der Waals surface area contributed by atoms with Crippen LogP contribution in [0.3, 0.4) is 0 Å². The lowest BCUT2D eigenvalue weighted by Crippen LogP contribution is -2.27. The number of primary amides is 1. The number of anilines is 1. The first-order valence-corrected chi connectivity index (χ1v) is 7.88. The van der Waals surface area contributed by atoms with Crippen LogP contribution < -0.4 is 11.1 Å². The van der Waals surface area contributed by atoms with E-state index in [0.29, 0.717) is 27.7 Å². The Morgan fingerprint density at radius 2 is 2.42 bits per heavy atom. The zero-order chi connectivity index (χ0) is 13.8. The monoisotopic (exact) mass is 299 g/mol. The number of halogens is 1. The van der Waals surface area contributed by atoms with Crippen molar-refractivity contribution in [1.82, 2.24) is 4.98 Å². The number of pyridine rings is 1. The summed E-state index contributed by atoms with van der Waals surface area (Å²) < 4.78 is 0. The molecule has 6 heteroatoms. The lowest BCUT2D eigenvalue weighted by Gasteiger charge is -2.21. The van der Waals surface area contributed by atoms with Crippen LogP contribution in [0.25, 0.3) is 0 Å². The standard InChI is InChI=1S/C13H18ClN3OS/c1-2-19-11-5-3-4-10(11)17-13-9(14)6-8(7-16-13)12(15)18/h6-7,10-11H,2-5H2,1H3,(H2,15,18)(H,16,17). The molecule has 0 spiro atoms. The predicted molar refractivity (Wildman–Crippen MR) is 80.9 cm³/mol. The zero-order valence-corrected chi connectivity index (χ0v) is 12.4. The molecule has 104 valence electrons. The maximum absolute atomic E-state index is 11.0. The maximum Gasteiger partial charge on any atom is 0.250 e. The number of amides is 1. The van der Waals surface area contributed by atoms with E-state index in [2.05, 4.69) is 17.2 Å². The van der Waals surface area contributed by atoms with Gasteiger partial charge in [0.25, 0.3) is 0 Å². The van der Waals surface area contributed by atoms with Crippen LogP contribution in [0.15, 0.2) is 12.3 Å². The van der Waals surface area contributed by atoms with Gasteiger partial charge in [0, 0.05) is 17.5 Å². The number of thioether (sulfide) groups is 1. The molecular weight excluding hydrogens is 282 g/mol. The number of hydrogen-bond acceptors (Lipinski definition) is 4. The van der Waals surface area contributed by atoms with Crippen molar-refractivity contribution < 1.29 is 4.79 Å². The third-order valence-electron chi connectivity index (χ3n) is 3.28. The molecule has 0 radical (unpaired) electrons. The number of carbonyl (C=O) groups excluding carboxylic acids is 1. The second-order valence-corrected chi connectivity index (χ2v) is 6.52. The van der Waals surface area contributed by atoms with Crippen molar-refractivity contribution in [1.29, 1.82) is 0 Å². The normalized spacial score (nSPS) is 22.4. The molecule has 1 aliphatic carbocycles. The maximum atomic E-state index is 11.0. The summed E-state index contributed by atoms with van der Waals surface area (Å²) in [6, 6.07) is 1.96. The summed E-state index contributed by atoms with van der Waals surface area (Å²) in [6.45, 7) is 2.17. The molecule has 0 aliphatic heterocycles. The lowest BCUT2D eigenvalue weighted by atomic mass is 10.2. The molecule has 19 heavy (non-hydrogen) atoms. The van der Waals surface area contributed by atoms with Gasteiger partial charge in [-0.2, -0.15) is 11.8 Å². The Morgan fingerprint density at radius 1 is 1.63 bits per heavy atom. The Labute approximate surface area is 122 Å². The van der Waals surface area contributed by atoms with E-state index >= 15 is 0 Å². The van der Waals surface area contributed by atoms with Crippen LogP contribution in [0, 0.1) is 0 Å². The van der Waals surface area contributed by atoms with E-state index in [1.807, 2.05) is 11.8 Å². The molecule has 2 unspecified atom stereocenters. The highest BCUT2D eigenvalue weighted by atomic mass is 35.5. The van der Waals surface area contributed by atoms with Gasteiger partial charge in [-0.15, -0.1) is 0 Å². The fourth-order valence-electron chi connectivity index (χ4n) is 2.36. The van der Waals surface area contributed by atoms with Gasteiger partial charge < -0.3 is 11.1 Å². The van der Waals surface area contributed by atoms with Crippen LogP contribution in [0.5, 0.6) is 0 Å². The van der Waals surface area contributed by atoms with E-state index in [1.165, 1.54) is 19.0 Å². The van der Waals surface area contributed by atoms with Gasteiger partial charge in [0.05, 0.1) is 10.6 Å². The number of rotatable bonds is 5. The molecule has 2 atom stereocenters. The fourth-order valence-corrected chi connectivity index (χ4v) is 3.78. The third-order valence-corrected chi connectivity index (χ3v) is 4.89. The minimum Gasteiger partial charge on any atom is -0.366 e. The SMILES string of the molecule is CCSC1CCCC1Nc1ncc(C(N)=O)cc1Cl. The van der Waals surface area contributed by atoms with E-state index < -0.39 is 5.91 Å². The van der Waals surface area contributed by atoms with Gasteiger partial charge >= 0.3 is 0 Å². The van der Waals surface area contributed by atoms with Crippen molar-refractivity contribution in [2.24, 2.45) is 5.73 Å². The number of nitrogens with two attached hydrogens (primary N) is 1. The van der Waals surface area contributed by atoms with Crippen molar-refractivity contribution in [2.75, 3.05) is 11.1 Å². The van der Waals surface area contributed by atoms with Crippen LogP contribution in [-0.2, 0) is 0 Å². The van der Waals surface area contributed by atoms with E-state index in [0.717, 1.165) is 12.2 Å². The van der Waals surface area contributed by atoms with Crippen molar-refractivity contribution in [2.45, 2.75) is 37.5 Å². The number of aromatic nitrogens is 1. The smallest absolute Gasteiger partial charge is 0.250 e. The highest BCUT2D eigenvalue weighted by Crippen LogP contribution is 2.33. The predicted octanol–water partition coefficient (Wildman–Crippen LogP) is 2.92.